The molecule has 0 aliphatic heterocycles. The summed E-state index contributed by atoms with van der Waals surface area (Å²) in [5.74, 6) is -1.36. The summed E-state index contributed by atoms with van der Waals surface area (Å²) in [6, 6.07) is 21.0. The molecule has 0 radical (unpaired) electrons. The minimum absolute atomic E-state index is 0.0314. The maximum atomic E-state index is 12.7. The van der Waals surface area contributed by atoms with Gasteiger partial charge in [0.2, 0.25) is 5.91 Å². The maximum absolute atomic E-state index is 12.7. The molecule has 178 valence electrons. The molecule has 5 rings (SSSR count). The van der Waals surface area contributed by atoms with Crippen LogP contribution in [0.5, 0.6) is 0 Å². The van der Waals surface area contributed by atoms with Gasteiger partial charge in [-0.1, -0.05) is 54.6 Å². The van der Waals surface area contributed by atoms with Gasteiger partial charge in [-0.05, 0) is 59.7 Å². The highest BCUT2D eigenvalue weighted by Crippen LogP contribution is 2.44. The molecule has 0 heterocycles. The van der Waals surface area contributed by atoms with E-state index in [-0.39, 0.29) is 30.4 Å². The Bertz CT molecular complexity index is 1280. The van der Waals surface area contributed by atoms with Gasteiger partial charge in [-0.15, -0.1) is 0 Å². The van der Waals surface area contributed by atoms with Gasteiger partial charge in [0.1, 0.15) is 6.61 Å². The average molecular weight is 471 g/mol. The number of rotatable bonds is 7. The van der Waals surface area contributed by atoms with Crippen LogP contribution < -0.4 is 10.6 Å². The predicted octanol–water partition coefficient (Wildman–Crippen LogP) is 5.09. The van der Waals surface area contributed by atoms with Crippen LogP contribution >= 0.6 is 0 Å². The second kappa shape index (κ2) is 8.91. The second-order valence-corrected chi connectivity index (χ2v) is 9.24. The summed E-state index contributed by atoms with van der Waals surface area (Å²) in [5.41, 5.74) is 5.05. The van der Waals surface area contributed by atoms with Crippen LogP contribution in [0.15, 0.2) is 66.7 Å². The van der Waals surface area contributed by atoms with Crippen molar-refractivity contribution >= 4 is 23.7 Å². The lowest BCUT2D eigenvalue weighted by molar-refractivity contribution is -0.116. The first-order valence-electron chi connectivity index (χ1n) is 11.6. The molecule has 1 saturated carbocycles. The number of nitrogens with one attached hydrogen (secondary N) is 2. The molecule has 0 unspecified atom stereocenters. The number of carboxylic acids is 1. The van der Waals surface area contributed by atoms with Crippen LogP contribution in [0.4, 0.5) is 10.5 Å². The molecule has 2 aliphatic carbocycles. The summed E-state index contributed by atoms with van der Waals surface area (Å²) in [6.45, 7) is 1.87. The van der Waals surface area contributed by atoms with E-state index in [1.54, 1.807) is 19.1 Å². The van der Waals surface area contributed by atoms with E-state index >= 15 is 0 Å². The van der Waals surface area contributed by atoms with Crippen molar-refractivity contribution in [2.24, 2.45) is 0 Å². The van der Waals surface area contributed by atoms with E-state index in [9.17, 15) is 19.5 Å². The van der Waals surface area contributed by atoms with Gasteiger partial charge in [0.05, 0.1) is 17.5 Å². The van der Waals surface area contributed by atoms with Crippen molar-refractivity contribution in [1.82, 2.24) is 5.32 Å². The fourth-order valence-electron chi connectivity index (χ4n) is 4.85. The van der Waals surface area contributed by atoms with Gasteiger partial charge in [0.15, 0.2) is 0 Å². The third-order valence-corrected chi connectivity index (χ3v) is 6.90. The van der Waals surface area contributed by atoms with Crippen molar-refractivity contribution in [3.8, 4) is 11.1 Å². The Morgan fingerprint density at radius 3 is 2.17 bits per heavy atom. The van der Waals surface area contributed by atoms with Crippen molar-refractivity contribution < 1.29 is 24.2 Å². The molecule has 3 N–H and O–H groups in total. The lowest BCUT2D eigenvalue weighted by Crippen LogP contribution is -2.40. The number of amides is 2. The molecule has 2 amide bonds. The fourth-order valence-corrected chi connectivity index (χ4v) is 4.85. The quantitative estimate of drug-likeness (QED) is 0.446. The van der Waals surface area contributed by atoms with E-state index in [1.165, 1.54) is 6.07 Å². The van der Waals surface area contributed by atoms with E-state index in [1.807, 2.05) is 24.3 Å². The molecule has 35 heavy (non-hydrogen) atoms. The number of ether oxygens (including phenoxy) is 1. The van der Waals surface area contributed by atoms with Crippen LogP contribution in [0, 0.1) is 6.92 Å². The smallest absolute Gasteiger partial charge is 0.407 e. The Hall–Kier alpha value is -4.13. The van der Waals surface area contributed by atoms with Crippen molar-refractivity contribution in [1.29, 1.82) is 0 Å². The van der Waals surface area contributed by atoms with Gasteiger partial charge in [-0.3, -0.25) is 4.79 Å². The lowest BCUT2D eigenvalue weighted by Gasteiger charge is -2.19. The first kappa shape index (κ1) is 22.7. The van der Waals surface area contributed by atoms with E-state index in [4.69, 9.17) is 4.74 Å². The normalized spacial score (nSPS) is 15.0. The molecule has 0 aromatic heterocycles. The van der Waals surface area contributed by atoms with E-state index in [0.717, 1.165) is 22.3 Å². The van der Waals surface area contributed by atoms with Crippen LogP contribution in [-0.4, -0.2) is 35.2 Å². The standard InChI is InChI=1S/C28H26N2O5/c1-17-18(26(32)33)11-6-12-24(17)29-25(31)15-28(13-14-28)30-27(34)35-16-23-21-9-4-2-7-19(21)20-8-3-5-10-22(20)23/h2-12,23H,13-16H2,1H3,(H,29,31)(H,30,34)(H,32,33). The number of carbonyl (C=O) groups excluding carboxylic acids is 2. The van der Waals surface area contributed by atoms with Crippen LogP contribution in [0.1, 0.15) is 52.2 Å². The minimum atomic E-state index is -1.05. The van der Waals surface area contributed by atoms with Crippen molar-refractivity contribution in [2.45, 2.75) is 37.6 Å². The third kappa shape index (κ3) is 4.49. The Labute approximate surface area is 203 Å². The molecule has 7 nitrogen and oxygen atoms in total. The number of aromatic carboxylic acids is 1. The number of benzene rings is 3. The first-order chi connectivity index (χ1) is 16.9. The molecule has 3 aromatic rings. The molecular formula is C28H26N2O5. The summed E-state index contributed by atoms with van der Waals surface area (Å²) in [7, 11) is 0. The fraction of sp³-hybridized carbons (Fsp3) is 0.250. The van der Waals surface area contributed by atoms with E-state index in [0.29, 0.717) is 24.1 Å². The van der Waals surface area contributed by atoms with E-state index < -0.39 is 17.6 Å². The highest BCUT2D eigenvalue weighted by atomic mass is 16.5. The largest absolute Gasteiger partial charge is 0.478 e. The number of anilines is 1. The second-order valence-electron chi connectivity index (χ2n) is 9.24. The zero-order valence-corrected chi connectivity index (χ0v) is 19.3. The van der Waals surface area contributed by atoms with Gasteiger partial charge < -0.3 is 20.5 Å². The third-order valence-electron chi connectivity index (χ3n) is 6.90. The molecule has 0 bridgehead atoms. The van der Waals surface area contributed by atoms with Gasteiger partial charge >= 0.3 is 12.1 Å². The zero-order chi connectivity index (χ0) is 24.6. The number of alkyl carbamates (subject to hydrolysis) is 1. The number of hydrogen-bond donors (Lipinski definition) is 3. The SMILES string of the molecule is Cc1c(NC(=O)CC2(NC(=O)OCC3c4ccccc4-c4ccccc43)CC2)cccc1C(=O)O. The molecule has 1 fully saturated rings. The monoisotopic (exact) mass is 470 g/mol. The van der Waals surface area contributed by atoms with Crippen LogP contribution in [0.25, 0.3) is 11.1 Å². The molecule has 3 aromatic carbocycles. The summed E-state index contributed by atoms with van der Waals surface area (Å²) in [6.07, 6.45) is 0.909. The Morgan fingerprint density at radius 2 is 1.57 bits per heavy atom. The summed E-state index contributed by atoms with van der Waals surface area (Å²) in [5, 5.41) is 14.9. The summed E-state index contributed by atoms with van der Waals surface area (Å²) >= 11 is 0. The molecule has 0 atom stereocenters. The average Bonchev–Trinajstić information content (AvgIpc) is 3.50. The minimum Gasteiger partial charge on any atom is -0.478 e. The predicted molar refractivity (Wildman–Crippen MR) is 132 cm³/mol. The summed E-state index contributed by atoms with van der Waals surface area (Å²) < 4.78 is 5.63. The highest BCUT2D eigenvalue weighted by Gasteiger charge is 2.46. The number of fused-ring (bicyclic) bond motifs is 3. The summed E-state index contributed by atoms with van der Waals surface area (Å²) in [4.78, 5) is 36.7. The number of carbonyl (C=O) groups is 3. The molecule has 7 heteroatoms. The van der Waals surface area contributed by atoms with Crippen molar-refractivity contribution in [2.75, 3.05) is 11.9 Å². The Morgan fingerprint density at radius 1 is 0.943 bits per heavy atom. The van der Waals surface area contributed by atoms with Crippen LogP contribution in [-0.2, 0) is 9.53 Å². The van der Waals surface area contributed by atoms with Crippen LogP contribution in [0.3, 0.4) is 0 Å². The Balaban J connectivity index is 1.19. The molecule has 0 saturated heterocycles. The lowest BCUT2D eigenvalue weighted by atomic mass is 9.98. The van der Waals surface area contributed by atoms with Gasteiger partial charge in [0.25, 0.3) is 0 Å². The van der Waals surface area contributed by atoms with Crippen LogP contribution in [0.2, 0.25) is 0 Å². The first-order valence-corrected chi connectivity index (χ1v) is 11.6. The zero-order valence-electron chi connectivity index (χ0n) is 19.3. The Kier molecular flexibility index (Phi) is 5.76. The maximum Gasteiger partial charge on any atom is 0.407 e. The van der Waals surface area contributed by atoms with E-state index in [2.05, 4.69) is 34.9 Å². The van der Waals surface area contributed by atoms with Gasteiger partial charge in [-0.2, -0.15) is 0 Å². The molecular weight excluding hydrogens is 444 g/mol. The van der Waals surface area contributed by atoms with Crippen molar-refractivity contribution in [3.63, 3.8) is 0 Å². The molecule has 0 spiro atoms. The number of hydrogen-bond acceptors (Lipinski definition) is 4. The van der Waals surface area contributed by atoms with Gasteiger partial charge in [0, 0.05) is 11.6 Å². The highest BCUT2D eigenvalue weighted by molar-refractivity contribution is 5.96. The number of carboxylic acid groups (broad SMARTS) is 1. The molecule has 2 aliphatic rings. The van der Waals surface area contributed by atoms with Crippen molar-refractivity contribution in [3.05, 3.63) is 89.0 Å². The van der Waals surface area contributed by atoms with Gasteiger partial charge in [-0.25, -0.2) is 9.59 Å². The topological polar surface area (TPSA) is 105 Å².